The molecule has 1 amide bonds. The van der Waals surface area contributed by atoms with Crippen LogP contribution in [0.3, 0.4) is 0 Å². The minimum Gasteiger partial charge on any atom is -0.492 e. The molecule has 1 saturated heterocycles. The number of benzene rings is 1. The van der Waals surface area contributed by atoms with Gasteiger partial charge >= 0.3 is 5.97 Å². The maximum atomic E-state index is 12.0. The zero-order valence-electron chi connectivity index (χ0n) is 11.6. The van der Waals surface area contributed by atoms with Gasteiger partial charge in [0.05, 0.1) is 11.6 Å². The van der Waals surface area contributed by atoms with Crippen LogP contribution in [0.15, 0.2) is 24.3 Å². The van der Waals surface area contributed by atoms with Gasteiger partial charge in [0.25, 0.3) is 0 Å². The summed E-state index contributed by atoms with van der Waals surface area (Å²) in [6, 6.07) is 6.49. The number of carboxylic acids is 1. The maximum Gasteiger partial charge on any atom is 0.326 e. The lowest BCUT2D eigenvalue weighted by molar-refractivity contribution is -0.148. The Morgan fingerprint density at radius 2 is 2.14 bits per heavy atom. The Morgan fingerprint density at radius 3 is 2.86 bits per heavy atom. The molecule has 0 aliphatic carbocycles. The van der Waals surface area contributed by atoms with Gasteiger partial charge in [-0.1, -0.05) is 23.7 Å². The molecule has 0 bridgehead atoms. The first-order chi connectivity index (χ1) is 10.1. The second-order valence-electron chi connectivity index (χ2n) is 4.97. The SMILES string of the molecule is O=C(O)[C@H]1CCCN1C(=O)CCCOc1ccccc1Cl. The van der Waals surface area contributed by atoms with Crippen LogP contribution < -0.4 is 4.74 Å². The first-order valence-electron chi connectivity index (χ1n) is 6.99. The molecule has 6 heteroatoms. The molecule has 5 nitrogen and oxygen atoms in total. The smallest absolute Gasteiger partial charge is 0.326 e. The normalized spacial score (nSPS) is 17.8. The van der Waals surface area contributed by atoms with E-state index in [4.69, 9.17) is 21.4 Å². The van der Waals surface area contributed by atoms with E-state index in [1.54, 1.807) is 12.1 Å². The minimum atomic E-state index is -0.923. The maximum absolute atomic E-state index is 12.0. The highest BCUT2D eigenvalue weighted by atomic mass is 35.5. The van der Waals surface area contributed by atoms with Crippen LogP contribution >= 0.6 is 11.6 Å². The average molecular weight is 312 g/mol. The topological polar surface area (TPSA) is 66.8 Å². The molecule has 1 fully saturated rings. The Balaban J connectivity index is 1.75. The van der Waals surface area contributed by atoms with Crippen molar-refractivity contribution < 1.29 is 19.4 Å². The van der Waals surface area contributed by atoms with Crippen molar-refractivity contribution >= 4 is 23.5 Å². The van der Waals surface area contributed by atoms with Crippen molar-refractivity contribution in [1.82, 2.24) is 4.90 Å². The summed E-state index contributed by atoms with van der Waals surface area (Å²) in [5.74, 6) is -0.452. The molecule has 114 valence electrons. The van der Waals surface area contributed by atoms with Gasteiger partial charge in [-0.15, -0.1) is 0 Å². The second kappa shape index (κ2) is 7.31. The van der Waals surface area contributed by atoms with Gasteiger partial charge in [-0.25, -0.2) is 4.79 Å². The van der Waals surface area contributed by atoms with Gasteiger partial charge in [-0.3, -0.25) is 4.79 Å². The summed E-state index contributed by atoms with van der Waals surface area (Å²) in [5, 5.41) is 9.59. The lowest BCUT2D eigenvalue weighted by atomic mass is 10.2. The van der Waals surface area contributed by atoms with E-state index in [1.165, 1.54) is 4.90 Å². The van der Waals surface area contributed by atoms with Crippen molar-refractivity contribution in [2.24, 2.45) is 0 Å². The lowest BCUT2D eigenvalue weighted by Crippen LogP contribution is -2.40. The van der Waals surface area contributed by atoms with Crippen LogP contribution in [0.2, 0.25) is 5.02 Å². The molecule has 1 aromatic carbocycles. The predicted molar refractivity (Wildman–Crippen MR) is 78.6 cm³/mol. The number of carboxylic acid groups (broad SMARTS) is 1. The third-order valence-corrected chi connectivity index (χ3v) is 3.80. The van der Waals surface area contributed by atoms with E-state index in [2.05, 4.69) is 0 Å². The van der Waals surface area contributed by atoms with Crippen LogP contribution in [0.4, 0.5) is 0 Å². The first-order valence-corrected chi connectivity index (χ1v) is 7.37. The van der Waals surface area contributed by atoms with E-state index < -0.39 is 12.0 Å². The number of carbonyl (C=O) groups is 2. The summed E-state index contributed by atoms with van der Waals surface area (Å²) in [7, 11) is 0. The van der Waals surface area contributed by atoms with E-state index in [0.717, 1.165) is 6.42 Å². The summed E-state index contributed by atoms with van der Waals surface area (Å²) >= 11 is 5.96. The highest BCUT2D eigenvalue weighted by Gasteiger charge is 2.33. The first kappa shape index (κ1) is 15.6. The minimum absolute atomic E-state index is 0.123. The van der Waals surface area contributed by atoms with Gasteiger partial charge < -0.3 is 14.7 Å². The van der Waals surface area contributed by atoms with Crippen molar-refractivity contribution in [3.63, 3.8) is 0 Å². The molecule has 1 heterocycles. The molecule has 2 rings (SSSR count). The average Bonchev–Trinajstić information content (AvgIpc) is 2.95. The monoisotopic (exact) mass is 311 g/mol. The van der Waals surface area contributed by atoms with Crippen LogP contribution in [0.5, 0.6) is 5.75 Å². The number of nitrogens with zero attached hydrogens (tertiary/aromatic N) is 1. The molecule has 0 radical (unpaired) electrons. The van der Waals surface area contributed by atoms with Gasteiger partial charge in [0, 0.05) is 13.0 Å². The molecule has 1 N–H and O–H groups in total. The van der Waals surface area contributed by atoms with E-state index in [9.17, 15) is 9.59 Å². The van der Waals surface area contributed by atoms with Gasteiger partial charge in [0.15, 0.2) is 0 Å². The number of carbonyl (C=O) groups excluding carboxylic acids is 1. The van der Waals surface area contributed by atoms with E-state index in [0.29, 0.717) is 36.8 Å². The Bertz CT molecular complexity index is 520. The molecular formula is C15H18ClNO4. The number of ether oxygens (including phenoxy) is 1. The molecule has 1 atom stereocenters. The van der Waals surface area contributed by atoms with Crippen molar-refractivity contribution in [3.8, 4) is 5.75 Å². The molecular weight excluding hydrogens is 294 g/mol. The number of para-hydroxylation sites is 1. The number of hydrogen-bond acceptors (Lipinski definition) is 3. The van der Waals surface area contributed by atoms with Crippen LogP contribution in [-0.2, 0) is 9.59 Å². The number of hydrogen-bond donors (Lipinski definition) is 1. The van der Waals surface area contributed by atoms with Crippen LogP contribution in [-0.4, -0.2) is 41.1 Å². The van der Waals surface area contributed by atoms with E-state index in [1.807, 2.05) is 12.1 Å². The molecule has 1 aliphatic rings. The molecule has 1 aromatic rings. The highest BCUT2D eigenvalue weighted by Crippen LogP contribution is 2.23. The molecule has 21 heavy (non-hydrogen) atoms. The Labute approximate surface area is 128 Å². The largest absolute Gasteiger partial charge is 0.492 e. The quantitative estimate of drug-likeness (QED) is 0.820. The zero-order chi connectivity index (χ0) is 15.2. The summed E-state index contributed by atoms with van der Waals surface area (Å²) in [6.07, 6.45) is 2.11. The molecule has 0 saturated carbocycles. The fraction of sp³-hybridized carbons (Fsp3) is 0.467. The number of amides is 1. The standard InChI is InChI=1S/C15H18ClNO4/c16-11-5-1-2-7-13(11)21-10-4-8-14(18)17-9-3-6-12(17)15(19)20/h1-2,5,7,12H,3-4,6,8-10H2,(H,19,20)/t12-/m1/s1. The summed E-state index contributed by atoms with van der Waals surface area (Å²) < 4.78 is 5.51. The third kappa shape index (κ3) is 4.11. The predicted octanol–water partition coefficient (Wildman–Crippen LogP) is 2.57. The number of likely N-dealkylation sites (tertiary alicyclic amines) is 1. The Morgan fingerprint density at radius 1 is 1.38 bits per heavy atom. The van der Waals surface area contributed by atoms with Crippen molar-refractivity contribution in [1.29, 1.82) is 0 Å². The summed E-state index contributed by atoms with van der Waals surface area (Å²) in [6.45, 7) is 0.905. The number of halogens is 1. The fourth-order valence-electron chi connectivity index (χ4n) is 2.43. The lowest BCUT2D eigenvalue weighted by Gasteiger charge is -2.21. The van der Waals surface area contributed by atoms with Crippen LogP contribution in [0.25, 0.3) is 0 Å². The molecule has 0 unspecified atom stereocenters. The van der Waals surface area contributed by atoms with Gasteiger partial charge in [-0.2, -0.15) is 0 Å². The summed E-state index contributed by atoms with van der Waals surface area (Å²) in [4.78, 5) is 24.5. The number of rotatable bonds is 6. The molecule has 1 aliphatic heterocycles. The van der Waals surface area contributed by atoms with Crippen molar-refractivity contribution in [3.05, 3.63) is 29.3 Å². The molecule has 0 aromatic heterocycles. The van der Waals surface area contributed by atoms with Gasteiger partial charge in [0.2, 0.25) is 5.91 Å². The number of aliphatic carboxylic acids is 1. The Kier molecular flexibility index (Phi) is 5.44. The van der Waals surface area contributed by atoms with Crippen molar-refractivity contribution in [2.75, 3.05) is 13.2 Å². The van der Waals surface area contributed by atoms with Gasteiger partial charge in [0.1, 0.15) is 11.8 Å². The highest BCUT2D eigenvalue weighted by molar-refractivity contribution is 6.32. The Hall–Kier alpha value is -1.75. The fourth-order valence-corrected chi connectivity index (χ4v) is 2.62. The van der Waals surface area contributed by atoms with E-state index in [-0.39, 0.29) is 12.3 Å². The van der Waals surface area contributed by atoms with E-state index >= 15 is 0 Å². The van der Waals surface area contributed by atoms with Gasteiger partial charge in [-0.05, 0) is 31.4 Å². The third-order valence-electron chi connectivity index (χ3n) is 3.49. The van der Waals surface area contributed by atoms with Crippen molar-refractivity contribution in [2.45, 2.75) is 31.7 Å². The second-order valence-corrected chi connectivity index (χ2v) is 5.37. The van der Waals surface area contributed by atoms with Crippen LogP contribution in [0.1, 0.15) is 25.7 Å². The van der Waals surface area contributed by atoms with Crippen LogP contribution in [0, 0.1) is 0 Å². The zero-order valence-corrected chi connectivity index (χ0v) is 12.4. The summed E-state index contributed by atoms with van der Waals surface area (Å²) in [5.41, 5.74) is 0. The molecule has 0 spiro atoms.